The molecule has 0 aromatic carbocycles. The molecule has 10 heteroatoms. The lowest BCUT2D eigenvalue weighted by Gasteiger charge is -2.10. The monoisotopic (exact) mass is 385 g/mol. The Morgan fingerprint density at radius 1 is 1.14 bits per heavy atom. The highest BCUT2D eigenvalue weighted by Crippen LogP contribution is 2.18. The number of carbonyl (C=O) groups is 2. The third kappa shape index (κ3) is 3.85. The Hall–Kier alpha value is -3.30. The normalized spacial score (nSPS) is 11.0. The third-order valence-corrected chi connectivity index (χ3v) is 4.71. The molecule has 148 valence electrons. The lowest BCUT2D eigenvalue weighted by atomic mass is 10.1. The fourth-order valence-electron chi connectivity index (χ4n) is 3.09. The van der Waals surface area contributed by atoms with E-state index in [1.54, 1.807) is 23.2 Å². The average molecular weight is 385 g/mol. The van der Waals surface area contributed by atoms with Crippen molar-refractivity contribution in [2.45, 2.75) is 40.5 Å². The Kier molecular flexibility index (Phi) is 5.39. The Balaban J connectivity index is 1.54. The second kappa shape index (κ2) is 7.75. The summed E-state index contributed by atoms with van der Waals surface area (Å²) in [6, 6.07) is 0. The Morgan fingerprint density at radius 2 is 1.89 bits per heavy atom. The molecule has 3 aromatic heterocycles. The van der Waals surface area contributed by atoms with Gasteiger partial charge in [-0.05, 0) is 39.7 Å². The largest absolute Gasteiger partial charge is 0.456 e. The van der Waals surface area contributed by atoms with Crippen molar-refractivity contribution in [3.63, 3.8) is 0 Å². The van der Waals surface area contributed by atoms with E-state index in [0.29, 0.717) is 23.6 Å². The van der Waals surface area contributed by atoms with Crippen LogP contribution in [0.1, 0.15) is 34.8 Å². The zero-order valence-corrected chi connectivity index (χ0v) is 16.6. The van der Waals surface area contributed by atoms with Gasteiger partial charge in [0, 0.05) is 24.9 Å². The van der Waals surface area contributed by atoms with Crippen molar-refractivity contribution in [3.05, 3.63) is 34.7 Å². The van der Waals surface area contributed by atoms with Crippen LogP contribution in [0.5, 0.6) is 0 Å². The highest BCUT2D eigenvalue weighted by molar-refractivity contribution is 5.93. The van der Waals surface area contributed by atoms with Crippen molar-refractivity contribution in [1.82, 2.24) is 29.4 Å². The highest BCUT2D eigenvalue weighted by Gasteiger charge is 2.16. The van der Waals surface area contributed by atoms with Gasteiger partial charge in [0.1, 0.15) is 6.33 Å². The summed E-state index contributed by atoms with van der Waals surface area (Å²) in [5, 5.41) is 11.1. The number of nitrogens with zero attached hydrogens (tertiary/aromatic N) is 6. The lowest BCUT2D eigenvalue weighted by Crippen LogP contribution is -2.22. The van der Waals surface area contributed by atoms with Crippen molar-refractivity contribution < 1.29 is 14.3 Å². The molecule has 0 aliphatic heterocycles. The molecule has 3 aromatic rings. The van der Waals surface area contributed by atoms with Crippen LogP contribution in [0, 0.1) is 27.7 Å². The number of fused-ring (bicyclic) bond motifs is 1. The van der Waals surface area contributed by atoms with Crippen LogP contribution in [0.25, 0.3) is 5.78 Å². The van der Waals surface area contributed by atoms with Crippen molar-refractivity contribution in [3.8, 4) is 0 Å². The van der Waals surface area contributed by atoms with E-state index in [0.717, 1.165) is 22.6 Å². The summed E-state index contributed by atoms with van der Waals surface area (Å²) < 4.78 is 8.42. The van der Waals surface area contributed by atoms with E-state index >= 15 is 0 Å². The molecule has 3 rings (SSSR count). The van der Waals surface area contributed by atoms with Gasteiger partial charge in [-0.15, -0.1) is 0 Å². The van der Waals surface area contributed by atoms with Gasteiger partial charge in [-0.25, -0.2) is 9.50 Å². The number of anilines is 1. The molecule has 0 saturated carbocycles. The summed E-state index contributed by atoms with van der Waals surface area (Å²) in [4.78, 5) is 32.6. The van der Waals surface area contributed by atoms with Crippen molar-refractivity contribution in [1.29, 1.82) is 0 Å². The number of ether oxygens (including phenoxy) is 1. The van der Waals surface area contributed by atoms with Gasteiger partial charge in [0.25, 0.3) is 11.7 Å². The zero-order valence-electron chi connectivity index (χ0n) is 16.6. The van der Waals surface area contributed by atoms with E-state index in [1.807, 2.05) is 20.8 Å². The molecule has 10 nitrogen and oxygen atoms in total. The zero-order chi connectivity index (χ0) is 20.4. The molecule has 0 spiro atoms. The predicted molar refractivity (Wildman–Crippen MR) is 101 cm³/mol. The number of carbonyl (C=O) groups excluding carboxylic acids is 2. The van der Waals surface area contributed by atoms with Crippen molar-refractivity contribution >= 4 is 23.3 Å². The van der Waals surface area contributed by atoms with Gasteiger partial charge in [-0.1, -0.05) is 0 Å². The Morgan fingerprint density at radius 3 is 2.57 bits per heavy atom. The van der Waals surface area contributed by atoms with E-state index in [1.165, 1.54) is 6.33 Å². The second-order valence-corrected chi connectivity index (χ2v) is 6.61. The van der Waals surface area contributed by atoms with E-state index in [4.69, 9.17) is 4.74 Å². The molecule has 1 amide bonds. The number of rotatable bonds is 6. The molecule has 0 aliphatic rings. The van der Waals surface area contributed by atoms with Crippen LogP contribution < -0.4 is 5.32 Å². The first kappa shape index (κ1) is 19.5. The molecule has 0 bridgehead atoms. The molecule has 0 saturated heterocycles. The summed E-state index contributed by atoms with van der Waals surface area (Å²) in [7, 11) is 1.80. The van der Waals surface area contributed by atoms with Gasteiger partial charge in [0.15, 0.2) is 6.61 Å². The van der Waals surface area contributed by atoms with Crippen LogP contribution >= 0.6 is 0 Å². The first-order valence-electron chi connectivity index (χ1n) is 8.89. The fourth-order valence-corrected chi connectivity index (χ4v) is 3.09. The van der Waals surface area contributed by atoms with Crippen molar-refractivity contribution in [2.75, 3.05) is 11.9 Å². The summed E-state index contributed by atoms with van der Waals surface area (Å²) >= 11 is 0. The number of esters is 1. The molecule has 0 aliphatic carbocycles. The topological polar surface area (TPSA) is 116 Å². The average Bonchev–Trinajstić information content (AvgIpc) is 3.20. The summed E-state index contributed by atoms with van der Waals surface area (Å²) in [5.74, 6) is -0.322. The molecule has 0 radical (unpaired) electrons. The standard InChI is InChI=1S/C18H23N7O3/c1-10-14(12(3)25-18(21-10)19-9-20-25)6-7-16(27)28-8-15(26)22-17-11(2)23-24(5)13(17)4/h9H,6-8H2,1-5H3,(H,22,26). The number of hydrogen-bond acceptors (Lipinski definition) is 7. The maximum atomic E-state index is 12.1. The highest BCUT2D eigenvalue weighted by atomic mass is 16.5. The predicted octanol–water partition coefficient (Wildman–Crippen LogP) is 1.21. The van der Waals surface area contributed by atoms with Crippen LogP contribution in [0.4, 0.5) is 5.69 Å². The summed E-state index contributed by atoms with van der Waals surface area (Å²) in [6.45, 7) is 7.09. The van der Waals surface area contributed by atoms with Crippen LogP contribution in [0.2, 0.25) is 0 Å². The van der Waals surface area contributed by atoms with Crippen LogP contribution in [-0.4, -0.2) is 47.8 Å². The molecule has 0 atom stereocenters. The fraction of sp³-hybridized carbons (Fsp3) is 0.444. The Bertz CT molecular complexity index is 1050. The molecule has 1 N–H and O–H groups in total. The minimum absolute atomic E-state index is 0.141. The molecule has 0 unspecified atom stereocenters. The quantitative estimate of drug-likeness (QED) is 0.634. The van der Waals surface area contributed by atoms with Gasteiger partial charge >= 0.3 is 5.97 Å². The number of amides is 1. The van der Waals surface area contributed by atoms with Gasteiger partial charge in [-0.3, -0.25) is 14.3 Å². The number of aryl methyl sites for hydroxylation is 4. The number of hydrogen-bond donors (Lipinski definition) is 1. The second-order valence-electron chi connectivity index (χ2n) is 6.61. The first-order valence-corrected chi connectivity index (χ1v) is 8.89. The minimum atomic E-state index is -0.452. The van der Waals surface area contributed by atoms with E-state index < -0.39 is 11.9 Å². The number of nitrogens with one attached hydrogen (secondary N) is 1. The van der Waals surface area contributed by atoms with Gasteiger partial charge in [0.2, 0.25) is 0 Å². The van der Waals surface area contributed by atoms with Crippen LogP contribution in [-0.2, 0) is 27.8 Å². The van der Waals surface area contributed by atoms with E-state index in [2.05, 4.69) is 25.5 Å². The molecular formula is C18H23N7O3. The maximum Gasteiger partial charge on any atom is 0.306 e. The number of aromatic nitrogens is 6. The molecular weight excluding hydrogens is 362 g/mol. The Labute approximate surface area is 161 Å². The molecule has 3 heterocycles. The third-order valence-electron chi connectivity index (χ3n) is 4.71. The smallest absolute Gasteiger partial charge is 0.306 e. The molecule has 28 heavy (non-hydrogen) atoms. The summed E-state index contributed by atoms with van der Waals surface area (Å²) in [6.07, 6.45) is 2.03. The van der Waals surface area contributed by atoms with Gasteiger partial charge in [0.05, 0.1) is 17.1 Å². The minimum Gasteiger partial charge on any atom is -0.456 e. The van der Waals surface area contributed by atoms with Gasteiger partial charge in [-0.2, -0.15) is 15.2 Å². The van der Waals surface area contributed by atoms with Crippen LogP contribution in [0.3, 0.4) is 0 Å². The lowest BCUT2D eigenvalue weighted by molar-refractivity contribution is -0.147. The van der Waals surface area contributed by atoms with E-state index in [-0.39, 0.29) is 13.0 Å². The van der Waals surface area contributed by atoms with Crippen molar-refractivity contribution in [2.24, 2.45) is 7.05 Å². The molecule has 0 fully saturated rings. The summed E-state index contributed by atoms with van der Waals surface area (Å²) in [5.41, 5.74) is 4.78. The first-order chi connectivity index (χ1) is 13.3. The van der Waals surface area contributed by atoms with Gasteiger partial charge < -0.3 is 10.1 Å². The van der Waals surface area contributed by atoms with Crippen LogP contribution in [0.15, 0.2) is 6.33 Å². The maximum absolute atomic E-state index is 12.1. The van der Waals surface area contributed by atoms with E-state index in [9.17, 15) is 9.59 Å². The SMILES string of the molecule is Cc1nc2ncnn2c(C)c1CCC(=O)OCC(=O)Nc1c(C)nn(C)c1C.